The van der Waals surface area contributed by atoms with Gasteiger partial charge in [0.05, 0.1) is 6.04 Å². The van der Waals surface area contributed by atoms with Gasteiger partial charge in [-0.05, 0) is 24.7 Å². The van der Waals surface area contributed by atoms with Gasteiger partial charge >= 0.3 is 0 Å². The maximum atomic E-state index is 11.7. The van der Waals surface area contributed by atoms with E-state index in [0.717, 1.165) is 32.4 Å². The molecule has 0 radical (unpaired) electrons. The average molecular weight is 240 g/mol. The summed E-state index contributed by atoms with van der Waals surface area (Å²) in [6.45, 7) is 1.59. The Balaban J connectivity index is 1.80. The zero-order valence-electron chi connectivity index (χ0n) is 10.1. The largest absolute Gasteiger partial charge is 0.409 e. The summed E-state index contributed by atoms with van der Waals surface area (Å²) in [5, 5.41) is 14.9. The molecule has 0 aromatic rings. The van der Waals surface area contributed by atoms with Gasteiger partial charge in [0.1, 0.15) is 5.84 Å². The van der Waals surface area contributed by atoms with Gasteiger partial charge in [-0.1, -0.05) is 5.16 Å². The number of nitrogens with two attached hydrogens (primary N) is 1. The molecule has 2 aliphatic rings. The molecule has 1 aliphatic carbocycles. The fourth-order valence-corrected chi connectivity index (χ4v) is 2.36. The number of likely N-dealkylation sites (N-methyl/N-ethyl adjacent to an activating group) is 1. The van der Waals surface area contributed by atoms with Gasteiger partial charge in [0.25, 0.3) is 0 Å². The fraction of sp³-hybridized carbons (Fsp3) is 0.818. The molecule has 4 N–H and O–H groups in total. The van der Waals surface area contributed by atoms with Crippen LogP contribution in [0, 0.1) is 5.41 Å². The van der Waals surface area contributed by atoms with Crippen molar-refractivity contribution in [1.82, 2.24) is 10.2 Å². The second kappa shape index (κ2) is 4.52. The first kappa shape index (κ1) is 12.2. The number of nitrogens with zero attached hydrogens (tertiary/aromatic N) is 2. The molecule has 0 spiro atoms. The van der Waals surface area contributed by atoms with Crippen LogP contribution in [0.15, 0.2) is 5.16 Å². The first-order chi connectivity index (χ1) is 8.06. The summed E-state index contributed by atoms with van der Waals surface area (Å²) in [4.78, 5) is 13.4. The predicted molar refractivity (Wildman–Crippen MR) is 63.7 cm³/mol. The molecule has 96 valence electrons. The van der Waals surface area contributed by atoms with E-state index in [1.807, 2.05) is 7.05 Å². The number of carbonyl (C=O) groups excluding carboxylic acids is 1. The lowest BCUT2D eigenvalue weighted by Gasteiger charge is -2.18. The number of oxime groups is 1. The molecule has 2 fully saturated rings. The number of hydrogen-bond donors (Lipinski definition) is 3. The van der Waals surface area contributed by atoms with Crippen molar-refractivity contribution in [3.8, 4) is 0 Å². The molecule has 0 bridgehead atoms. The van der Waals surface area contributed by atoms with Crippen LogP contribution in [0.3, 0.4) is 0 Å². The van der Waals surface area contributed by atoms with E-state index in [9.17, 15) is 4.79 Å². The van der Waals surface area contributed by atoms with Gasteiger partial charge in [-0.3, -0.25) is 4.79 Å². The topological polar surface area (TPSA) is 90.9 Å². The van der Waals surface area contributed by atoms with Gasteiger partial charge in [0.15, 0.2) is 0 Å². The standard InChI is InChI=1S/C11H20N4O2/c1-15-5-2-8(10(15)16)13-7-11(3-4-11)6-9(12)14-17/h8,13,17H,2-7H2,1H3,(H2,12,14). The van der Waals surface area contributed by atoms with Crippen LogP contribution in [-0.4, -0.2) is 48.0 Å². The van der Waals surface area contributed by atoms with Crippen molar-refractivity contribution >= 4 is 11.7 Å². The molecule has 0 aromatic carbocycles. The van der Waals surface area contributed by atoms with Gasteiger partial charge in [0.2, 0.25) is 5.91 Å². The fourth-order valence-electron chi connectivity index (χ4n) is 2.36. The van der Waals surface area contributed by atoms with Crippen LogP contribution >= 0.6 is 0 Å². The molecular weight excluding hydrogens is 220 g/mol. The number of carbonyl (C=O) groups is 1. The molecule has 6 nitrogen and oxygen atoms in total. The summed E-state index contributed by atoms with van der Waals surface area (Å²) in [5.74, 6) is 0.448. The van der Waals surface area contributed by atoms with E-state index in [4.69, 9.17) is 10.9 Å². The van der Waals surface area contributed by atoms with Gasteiger partial charge in [-0.15, -0.1) is 0 Å². The lowest BCUT2D eigenvalue weighted by molar-refractivity contribution is -0.128. The third-order valence-corrected chi connectivity index (χ3v) is 3.79. The Kier molecular flexibility index (Phi) is 3.24. The Morgan fingerprint density at radius 3 is 2.88 bits per heavy atom. The molecule has 1 atom stereocenters. The number of likely N-dealkylation sites (tertiary alicyclic amines) is 1. The molecular formula is C11H20N4O2. The van der Waals surface area contributed by atoms with E-state index < -0.39 is 0 Å². The highest BCUT2D eigenvalue weighted by molar-refractivity contribution is 5.83. The number of amides is 1. The second-order valence-electron chi connectivity index (χ2n) is 5.25. The van der Waals surface area contributed by atoms with Crippen molar-refractivity contribution in [1.29, 1.82) is 0 Å². The molecule has 1 saturated carbocycles. The number of hydrogen-bond acceptors (Lipinski definition) is 4. The number of nitrogens with one attached hydrogen (secondary N) is 1. The second-order valence-corrected chi connectivity index (χ2v) is 5.25. The quantitative estimate of drug-likeness (QED) is 0.267. The van der Waals surface area contributed by atoms with E-state index in [1.54, 1.807) is 4.90 Å². The van der Waals surface area contributed by atoms with Crippen molar-refractivity contribution in [2.75, 3.05) is 20.1 Å². The van der Waals surface area contributed by atoms with Crippen molar-refractivity contribution in [3.05, 3.63) is 0 Å². The van der Waals surface area contributed by atoms with E-state index >= 15 is 0 Å². The summed E-state index contributed by atoms with van der Waals surface area (Å²) < 4.78 is 0. The number of rotatable bonds is 5. The zero-order valence-corrected chi connectivity index (χ0v) is 10.1. The van der Waals surface area contributed by atoms with Gasteiger partial charge in [-0.25, -0.2) is 0 Å². The molecule has 2 rings (SSSR count). The van der Waals surface area contributed by atoms with Crippen LogP contribution in [-0.2, 0) is 4.79 Å². The molecule has 0 aromatic heterocycles. The van der Waals surface area contributed by atoms with Crippen molar-refractivity contribution in [3.63, 3.8) is 0 Å². The van der Waals surface area contributed by atoms with Gasteiger partial charge in [-0.2, -0.15) is 0 Å². The van der Waals surface area contributed by atoms with E-state index in [-0.39, 0.29) is 23.2 Å². The zero-order chi connectivity index (χ0) is 12.5. The first-order valence-corrected chi connectivity index (χ1v) is 6.01. The lowest BCUT2D eigenvalue weighted by Crippen LogP contribution is -2.40. The smallest absolute Gasteiger partial charge is 0.239 e. The minimum atomic E-state index is -0.0511. The van der Waals surface area contributed by atoms with Crippen LogP contribution < -0.4 is 11.1 Å². The summed E-state index contributed by atoms with van der Waals surface area (Å²) in [6.07, 6.45) is 3.63. The van der Waals surface area contributed by atoms with Gasteiger partial charge in [0, 0.05) is 26.6 Å². The Labute approximate surface area is 101 Å². The van der Waals surface area contributed by atoms with Gasteiger partial charge < -0.3 is 21.2 Å². The Bertz CT molecular complexity index is 338. The van der Waals surface area contributed by atoms with E-state index in [0.29, 0.717) is 6.42 Å². The summed E-state index contributed by atoms with van der Waals surface area (Å²) >= 11 is 0. The maximum absolute atomic E-state index is 11.7. The van der Waals surface area contributed by atoms with Crippen LogP contribution in [0.1, 0.15) is 25.7 Å². The highest BCUT2D eigenvalue weighted by Crippen LogP contribution is 2.48. The van der Waals surface area contributed by atoms with Crippen LogP contribution in [0.5, 0.6) is 0 Å². The average Bonchev–Trinajstić information content (AvgIpc) is 3.00. The Morgan fingerprint density at radius 1 is 1.71 bits per heavy atom. The lowest BCUT2D eigenvalue weighted by atomic mass is 10.0. The van der Waals surface area contributed by atoms with Crippen LogP contribution in [0.25, 0.3) is 0 Å². The molecule has 1 saturated heterocycles. The molecule has 1 aliphatic heterocycles. The first-order valence-electron chi connectivity index (χ1n) is 6.01. The van der Waals surface area contributed by atoms with Crippen molar-refractivity contribution in [2.24, 2.45) is 16.3 Å². The molecule has 1 unspecified atom stereocenters. The highest BCUT2D eigenvalue weighted by Gasteiger charge is 2.44. The minimum absolute atomic E-state index is 0.0511. The normalized spacial score (nSPS) is 27.6. The molecule has 6 heteroatoms. The highest BCUT2D eigenvalue weighted by atomic mass is 16.4. The third-order valence-electron chi connectivity index (χ3n) is 3.79. The molecule has 1 heterocycles. The predicted octanol–water partition coefficient (Wildman–Crippen LogP) is -0.277. The van der Waals surface area contributed by atoms with E-state index in [2.05, 4.69) is 10.5 Å². The monoisotopic (exact) mass is 240 g/mol. The summed E-state index contributed by atoms with van der Waals surface area (Å²) in [7, 11) is 1.83. The van der Waals surface area contributed by atoms with Crippen molar-refractivity contribution in [2.45, 2.75) is 31.7 Å². The number of amidine groups is 1. The SMILES string of the molecule is CN1CCC(NCC2(CC(N)=NO)CC2)C1=O. The van der Waals surface area contributed by atoms with Crippen molar-refractivity contribution < 1.29 is 10.0 Å². The summed E-state index contributed by atoms with van der Waals surface area (Å²) in [5.41, 5.74) is 5.64. The Hall–Kier alpha value is -1.30. The van der Waals surface area contributed by atoms with Crippen LogP contribution in [0.4, 0.5) is 0 Å². The maximum Gasteiger partial charge on any atom is 0.239 e. The molecule has 1 amide bonds. The van der Waals surface area contributed by atoms with Crippen LogP contribution in [0.2, 0.25) is 0 Å². The molecule has 17 heavy (non-hydrogen) atoms. The summed E-state index contributed by atoms with van der Waals surface area (Å²) in [6, 6.07) is -0.0511. The minimum Gasteiger partial charge on any atom is -0.409 e. The third kappa shape index (κ3) is 2.69. The van der Waals surface area contributed by atoms with E-state index in [1.165, 1.54) is 0 Å². The Morgan fingerprint density at radius 2 is 2.41 bits per heavy atom.